The second kappa shape index (κ2) is 4.44. The molecule has 0 atom stereocenters. The van der Waals surface area contributed by atoms with E-state index in [1.165, 1.54) is 6.07 Å². The molecule has 5 nitrogen and oxygen atoms in total. The van der Waals surface area contributed by atoms with Gasteiger partial charge in [-0.3, -0.25) is 9.78 Å². The summed E-state index contributed by atoms with van der Waals surface area (Å²) in [6.07, 6.45) is 2.13. The lowest BCUT2D eigenvalue weighted by Gasteiger charge is -2.23. The topological polar surface area (TPSA) is 69.8 Å². The molecule has 0 radical (unpaired) electrons. The van der Waals surface area contributed by atoms with E-state index in [9.17, 15) is 4.79 Å². The van der Waals surface area contributed by atoms with Gasteiger partial charge in [-0.2, -0.15) is 0 Å². The van der Waals surface area contributed by atoms with Gasteiger partial charge in [0.1, 0.15) is 0 Å². The first-order valence-electron chi connectivity index (χ1n) is 5.29. The summed E-state index contributed by atoms with van der Waals surface area (Å²) >= 11 is 0. The average Bonchev–Trinajstić information content (AvgIpc) is 2.17. The third-order valence-electron chi connectivity index (χ3n) is 2.55. The van der Waals surface area contributed by atoms with Crippen molar-refractivity contribution in [1.82, 2.24) is 15.3 Å². The Balaban J connectivity index is 2.06. The normalized spacial score (nSPS) is 17.7. The number of rotatable bonds is 2. The number of hydrogen-bond acceptors (Lipinski definition) is 4. The molecule has 0 bridgehead atoms. The van der Waals surface area contributed by atoms with Gasteiger partial charge in [-0.05, 0) is 32.9 Å². The zero-order valence-electron chi connectivity index (χ0n) is 8.84. The van der Waals surface area contributed by atoms with Crippen LogP contribution in [0, 0.1) is 6.92 Å². The summed E-state index contributed by atoms with van der Waals surface area (Å²) in [4.78, 5) is 18.1. The molecule has 0 aliphatic carbocycles. The molecule has 2 rings (SSSR count). The predicted octanol–water partition coefficient (Wildman–Crippen LogP) is 0.242. The fraction of sp³-hybridized carbons (Fsp3) is 0.600. The van der Waals surface area contributed by atoms with Crippen LogP contribution in [0.3, 0.4) is 0 Å². The Morgan fingerprint density at radius 2 is 2.20 bits per heavy atom. The standard InChI is InChI=1S/C10H16N4O/c1-7-6-9(15)14-10(12-7)13-8-2-4-11-5-3-8/h6,8,11H,2-5H2,1H3,(H2,12,13,14,15). The summed E-state index contributed by atoms with van der Waals surface area (Å²) in [5.74, 6) is 0.590. The van der Waals surface area contributed by atoms with E-state index >= 15 is 0 Å². The molecule has 0 amide bonds. The van der Waals surface area contributed by atoms with Gasteiger partial charge < -0.3 is 10.6 Å². The summed E-state index contributed by atoms with van der Waals surface area (Å²) in [6.45, 7) is 3.87. The van der Waals surface area contributed by atoms with Crippen LogP contribution in [0.1, 0.15) is 18.5 Å². The smallest absolute Gasteiger partial charge is 0.252 e. The number of anilines is 1. The molecule has 0 aromatic carbocycles. The molecule has 15 heavy (non-hydrogen) atoms. The van der Waals surface area contributed by atoms with Crippen LogP contribution < -0.4 is 16.2 Å². The van der Waals surface area contributed by atoms with E-state index in [1.807, 2.05) is 6.92 Å². The second-order valence-electron chi connectivity index (χ2n) is 3.90. The minimum atomic E-state index is -0.0982. The molecule has 0 saturated carbocycles. The summed E-state index contributed by atoms with van der Waals surface area (Å²) in [6, 6.07) is 1.91. The van der Waals surface area contributed by atoms with Gasteiger partial charge in [0.15, 0.2) is 0 Å². The van der Waals surface area contributed by atoms with Crippen molar-refractivity contribution in [3.63, 3.8) is 0 Å². The molecule has 0 spiro atoms. The van der Waals surface area contributed by atoms with Gasteiger partial charge in [0.2, 0.25) is 5.95 Å². The third kappa shape index (κ3) is 2.79. The molecule has 1 saturated heterocycles. The SMILES string of the molecule is Cc1cc(=O)[nH]c(NC2CCNCC2)n1. The van der Waals surface area contributed by atoms with Crippen molar-refractivity contribution in [2.45, 2.75) is 25.8 Å². The van der Waals surface area contributed by atoms with Gasteiger partial charge in [0.05, 0.1) is 0 Å². The lowest BCUT2D eigenvalue weighted by Crippen LogP contribution is -2.36. The lowest BCUT2D eigenvalue weighted by atomic mass is 10.1. The van der Waals surface area contributed by atoms with Crippen LogP contribution in [0.5, 0.6) is 0 Å². The van der Waals surface area contributed by atoms with Gasteiger partial charge in [-0.1, -0.05) is 0 Å². The van der Waals surface area contributed by atoms with Gasteiger partial charge in [0, 0.05) is 17.8 Å². The van der Waals surface area contributed by atoms with Crippen LogP contribution in [-0.4, -0.2) is 29.1 Å². The van der Waals surface area contributed by atoms with Crippen LogP contribution in [-0.2, 0) is 0 Å². The molecule has 2 heterocycles. The zero-order chi connectivity index (χ0) is 10.7. The van der Waals surface area contributed by atoms with Gasteiger partial charge in [-0.15, -0.1) is 0 Å². The molecule has 1 fully saturated rings. The second-order valence-corrected chi connectivity index (χ2v) is 3.90. The van der Waals surface area contributed by atoms with E-state index in [4.69, 9.17) is 0 Å². The maximum atomic E-state index is 11.2. The van der Waals surface area contributed by atoms with Crippen molar-refractivity contribution < 1.29 is 0 Å². The summed E-state index contributed by atoms with van der Waals surface area (Å²) in [5, 5.41) is 6.55. The number of aryl methyl sites for hydroxylation is 1. The number of nitrogens with one attached hydrogen (secondary N) is 3. The zero-order valence-corrected chi connectivity index (χ0v) is 8.84. The molecular formula is C10H16N4O. The number of hydrogen-bond donors (Lipinski definition) is 3. The van der Waals surface area contributed by atoms with Crippen LogP contribution in [0.4, 0.5) is 5.95 Å². The largest absolute Gasteiger partial charge is 0.353 e. The van der Waals surface area contributed by atoms with Crippen molar-refractivity contribution in [3.8, 4) is 0 Å². The van der Waals surface area contributed by atoms with Gasteiger partial charge in [-0.25, -0.2) is 4.98 Å². The summed E-state index contributed by atoms with van der Waals surface area (Å²) in [5.41, 5.74) is 0.647. The number of H-pyrrole nitrogens is 1. The summed E-state index contributed by atoms with van der Waals surface area (Å²) < 4.78 is 0. The van der Waals surface area contributed by atoms with Crippen LogP contribution in [0.15, 0.2) is 10.9 Å². The van der Waals surface area contributed by atoms with Crippen LogP contribution in [0.25, 0.3) is 0 Å². The van der Waals surface area contributed by atoms with E-state index < -0.39 is 0 Å². The Morgan fingerprint density at radius 1 is 1.47 bits per heavy atom. The molecule has 0 unspecified atom stereocenters. The van der Waals surface area contributed by atoms with Gasteiger partial charge >= 0.3 is 0 Å². The number of aromatic nitrogens is 2. The molecule has 82 valence electrons. The van der Waals surface area contributed by atoms with E-state index in [1.54, 1.807) is 0 Å². The van der Waals surface area contributed by atoms with Crippen LogP contribution >= 0.6 is 0 Å². The Hall–Kier alpha value is -1.36. The molecular weight excluding hydrogens is 192 g/mol. The highest BCUT2D eigenvalue weighted by Crippen LogP contribution is 2.07. The Kier molecular flexibility index (Phi) is 3.01. The quantitative estimate of drug-likeness (QED) is 0.651. The highest BCUT2D eigenvalue weighted by Gasteiger charge is 2.13. The minimum Gasteiger partial charge on any atom is -0.353 e. The van der Waals surface area contributed by atoms with Crippen molar-refractivity contribution in [2.75, 3.05) is 18.4 Å². The van der Waals surface area contributed by atoms with E-state index in [2.05, 4.69) is 20.6 Å². The molecule has 1 aliphatic heterocycles. The molecule has 1 aromatic heterocycles. The Morgan fingerprint density at radius 3 is 2.87 bits per heavy atom. The predicted molar refractivity (Wildman–Crippen MR) is 59.1 cm³/mol. The maximum Gasteiger partial charge on any atom is 0.252 e. The average molecular weight is 208 g/mol. The van der Waals surface area contributed by atoms with Crippen LogP contribution in [0.2, 0.25) is 0 Å². The molecule has 5 heteroatoms. The molecule has 1 aliphatic rings. The fourth-order valence-electron chi connectivity index (χ4n) is 1.81. The van der Waals surface area contributed by atoms with Crippen molar-refractivity contribution in [3.05, 3.63) is 22.1 Å². The first-order valence-corrected chi connectivity index (χ1v) is 5.29. The van der Waals surface area contributed by atoms with E-state index in [0.29, 0.717) is 12.0 Å². The highest BCUT2D eigenvalue weighted by molar-refractivity contribution is 5.26. The first-order chi connectivity index (χ1) is 7.24. The fourth-order valence-corrected chi connectivity index (χ4v) is 1.81. The highest BCUT2D eigenvalue weighted by atomic mass is 16.1. The number of aromatic amines is 1. The molecule has 3 N–H and O–H groups in total. The minimum absolute atomic E-state index is 0.0982. The number of nitrogens with zero attached hydrogens (tertiary/aromatic N) is 1. The Labute approximate surface area is 88.3 Å². The van der Waals surface area contributed by atoms with E-state index in [-0.39, 0.29) is 5.56 Å². The lowest BCUT2D eigenvalue weighted by molar-refractivity contribution is 0.477. The Bertz CT molecular complexity index is 381. The number of piperidine rings is 1. The third-order valence-corrected chi connectivity index (χ3v) is 2.55. The maximum absolute atomic E-state index is 11.2. The monoisotopic (exact) mass is 208 g/mol. The van der Waals surface area contributed by atoms with Crippen molar-refractivity contribution >= 4 is 5.95 Å². The van der Waals surface area contributed by atoms with Crippen molar-refractivity contribution in [1.29, 1.82) is 0 Å². The summed E-state index contributed by atoms with van der Waals surface area (Å²) in [7, 11) is 0. The van der Waals surface area contributed by atoms with Gasteiger partial charge in [0.25, 0.3) is 5.56 Å². The first kappa shape index (κ1) is 10.2. The molecule has 1 aromatic rings. The van der Waals surface area contributed by atoms with Crippen molar-refractivity contribution in [2.24, 2.45) is 0 Å². The van der Waals surface area contributed by atoms with E-state index in [0.717, 1.165) is 31.6 Å².